The van der Waals surface area contributed by atoms with Crippen LogP contribution in [0.2, 0.25) is 5.02 Å². The largest absolute Gasteiger partial charge is 0.311 e. The van der Waals surface area contributed by atoms with Crippen molar-refractivity contribution in [1.29, 1.82) is 0 Å². The van der Waals surface area contributed by atoms with Crippen LogP contribution in [0.4, 0.5) is 0 Å². The second-order valence-corrected chi connectivity index (χ2v) is 6.17. The molecule has 0 spiro atoms. The van der Waals surface area contributed by atoms with Crippen molar-refractivity contribution in [3.05, 3.63) is 34.3 Å². The van der Waals surface area contributed by atoms with Gasteiger partial charge >= 0.3 is 0 Å². The molecular formula is C11H17ClN2O2S. The van der Waals surface area contributed by atoms with Crippen LogP contribution >= 0.6 is 11.6 Å². The molecule has 2 N–H and O–H groups in total. The molecule has 1 aromatic carbocycles. The Labute approximate surface area is 107 Å². The third kappa shape index (κ3) is 6.02. The molecule has 0 heterocycles. The van der Waals surface area contributed by atoms with E-state index in [1.165, 1.54) is 0 Å². The average molecular weight is 277 g/mol. The molecule has 1 rings (SSSR count). The molecule has 17 heavy (non-hydrogen) atoms. The van der Waals surface area contributed by atoms with Crippen molar-refractivity contribution in [3.8, 4) is 0 Å². The number of aryl methyl sites for hydroxylation is 1. The van der Waals surface area contributed by atoms with Crippen LogP contribution in [-0.4, -0.2) is 27.8 Å². The summed E-state index contributed by atoms with van der Waals surface area (Å²) in [5.41, 5.74) is 2.13. The molecular weight excluding hydrogens is 260 g/mol. The molecule has 0 aliphatic carbocycles. The Morgan fingerprint density at radius 1 is 1.29 bits per heavy atom. The Morgan fingerprint density at radius 3 is 2.59 bits per heavy atom. The second-order valence-electron chi connectivity index (χ2n) is 3.93. The highest BCUT2D eigenvalue weighted by Gasteiger charge is 2.00. The van der Waals surface area contributed by atoms with Crippen LogP contribution in [0.15, 0.2) is 18.2 Å². The fraction of sp³-hybridized carbons (Fsp3) is 0.455. The van der Waals surface area contributed by atoms with Gasteiger partial charge in [0.15, 0.2) is 0 Å². The molecule has 0 aliphatic rings. The van der Waals surface area contributed by atoms with Gasteiger partial charge in [-0.2, -0.15) is 0 Å². The average Bonchev–Trinajstić information content (AvgIpc) is 2.21. The van der Waals surface area contributed by atoms with Gasteiger partial charge in [0.2, 0.25) is 10.0 Å². The van der Waals surface area contributed by atoms with E-state index in [0.717, 1.165) is 22.4 Å². The first-order chi connectivity index (χ1) is 7.88. The SMILES string of the molecule is Cc1ccc(CNCCNS(C)(=O)=O)cc1Cl. The van der Waals surface area contributed by atoms with Crippen molar-refractivity contribution in [2.45, 2.75) is 13.5 Å². The number of nitrogens with one attached hydrogen (secondary N) is 2. The van der Waals surface area contributed by atoms with E-state index in [1.54, 1.807) is 0 Å². The van der Waals surface area contributed by atoms with Crippen molar-refractivity contribution < 1.29 is 8.42 Å². The zero-order chi connectivity index (χ0) is 12.9. The Kier molecular flexibility index (Phi) is 5.39. The van der Waals surface area contributed by atoms with Crippen LogP contribution in [0.1, 0.15) is 11.1 Å². The standard InChI is InChI=1S/C11H17ClN2O2S/c1-9-3-4-10(7-11(9)12)8-13-5-6-14-17(2,15)16/h3-4,7,13-14H,5-6,8H2,1-2H3. The van der Waals surface area contributed by atoms with Gasteiger partial charge in [0.1, 0.15) is 0 Å². The first-order valence-electron chi connectivity index (χ1n) is 5.29. The molecule has 0 aromatic heterocycles. The first kappa shape index (κ1) is 14.4. The topological polar surface area (TPSA) is 58.2 Å². The van der Waals surface area contributed by atoms with E-state index in [2.05, 4.69) is 10.0 Å². The lowest BCUT2D eigenvalue weighted by Crippen LogP contribution is -2.30. The fourth-order valence-electron chi connectivity index (χ4n) is 1.30. The van der Waals surface area contributed by atoms with E-state index in [0.29, 0.717) is 19.6 Å². The van der Waals surface area contributed by atoms with Gasteiger partial charge in [-0.05, 0) is 24.1 Å². The minimum Gasteiger partial charge on any atom is -0.311 e. The Bertz CT molecular complexity index is 474. The minimum atomic E-state index is -3.09. The van der Waals surface area contributed by atoms with Gasteiger partial charge in [0.05, 0.1) is 6.26 Å². The summed E-state index contributed by atoms with van der Waals surface area (Å²) in [6.45, 7) is 3.60. The van der Waals surface area contributed by atoms with E-state index in [-0.39, 0.29) is 0 Å². The lowest BCUT2D eigenvalue weighted by molar-refractivity contribution is 0.582. The van der Waals surface area contributed by atoms with E-state index in [4.69, 9.17) is 11.6 Å². The van der Waals surface area contributed by atoms with Crippen molar-refractivity contribution in [2.24, 2.45) is 0 Å². The van der Waals surface area contributed by atoms with E-state index in [1.807, 2.05) is 25.1 Å². The van der Waals surface area contributed by atoms with Gasteiger partial charge in [-0.1, -0.05) is 23.7 Å². The van der Waals surface area contributed by atoms with Crippen LogP contribution in [-0.2, 0) is 16.6 Å². The van der Waals surface area contributed by atoms with Crippen molar-refractivity contribution in [2.75, 3.05) is 19.3 Å². The molecule has 0 saturated carbocycles. The zero-order valence-corrected chi connectivity index (χ0v) is 11.5. The molecule has 0 unspecified atom stereocenters. The monoisotopic (exact) mass is 276 g/mol. The minimum absolute atomic E-state index is 0.387. The number of sulfonamides is 1. The Balaban J connectivity index is 2.29. The molecule has 0 bridgehead atoms. The quantitative estimate of drug-likeness (QED) is 0.770. The molecule has 1 aromatic rings. The summed E-state index contributed by atoms with van der Waals surface area (Å²) < 4.78 is 24.0. The van der Waals surface area contributed by atoms with Crippen LogP contribution in [0.3, 0.4) is 0 Å². The van der Waals surface area contributed by atoms with Crippen LogP contribution < -0.4 is 10.0 Å². The first-order valence-corrected chi connectivity index (χ1v) is 7.56. The maximum atomic E-state index is 10.8. The highest BCUT2D eigenvalue weighted by atomic mass is 35.5. The molecule has 0 radical (unpaired) electrons. The third-order valence-electron chi connectivity index (χ3n) is 2.23. The highest BCUT2D eigenvalue weighted by molar-refractivity contribution is 7.88. The second kappa shape index (κ2) is 6.35. The lowest BCUT2D eigenvalue weighted by Gasteiger charge is -2.06. The van der Waals surface area contributed by atoms with Gasteiger partial charge in [0, 0.05) is 24.7 Å². The lowest BCUT2D eigenvalue weighted by atomic mass is 10.1. The summed E-state index contributed by atoms with van der Waals surface area (Å²) in [7, 11) is -3.09. The van der Waals surface area contributed by atoms with Gasteiger partial charge in [-0.25, -0.2) is 13.1 Å². The maximum absolute atomic E-state index is 10.8. The maximum Gasteiger partial charge on any atom is 0.208 e. The summed E-state index contributed by atoms with van der Waals surface area (Å²) in [5.74, 6) is 0. The summed E-state index contributed by atoms with van der Waals surface area (Å²) >= 11 is 5.99. The Hall–Kier alpha value is -0.620. The molecule has 96 valence electrons. The van der Waals surface area contributed by atoms with Crippen LogP contribution in [0.25, 0.3) is 0 Å². The van der Waals surface area contributed by atoms with Crippen LogP contribution in [0, 0.1) is 6.92 Å². The number of benzene rings is 1. The van der Waals surface area contributed by atoms with E-state index in [9.17, 15) is 8.42 Å². The normalized spacial score (nSPS) is 11.7. The van der Waals surface area contributed by atoms with Crippen molar-refractivity contribution in [1.82, 2.24) is 10.0 Å². The number of hydrogen-bond donors (Lipinski definition) is 2. The molecule has 0 aliphatic heterocycles. The van der Waals surface area contributed by atoms with E-state index >= 15 is 0 Å². The summed E-state index contributed by atoms with van der Waals surface area (Å²) in [6.07, 6.45) is 1.15. The highest BCUT2D eigenvalue weighted by Crippen LogP contribution is 2.16. The summed E-state index contributed by atoms with van der Waals surface area (Å²) in [4.78, 5) is 0. The number of halogens is 1. The zero-order valence-electron chi connectivity index (χ0n) is 9.96. The van der Waals surface area contributed by atoms with Gasteiger partial charge in [0.25, 0.3) is 0 Å². The predicted molar refractivity (Wildman–Crippen MR) is 70.7 cm³/mol. The number of rotatable bonds is 6. The molecule has 4 nitrogen and oxygen atoms in total. The summed E-state index contributed by atoms with van der Waals surface area (Å²) in [6, 6.07) is 5.88. The van der Waals surface area contributed by atoms with Crippen LogP contribution in [0.5, 0.6) is 0 Å². The Morgan fingerprint density at radius 2 is 2.00 bits per heavy atom. The molecule has 0 atom stereocenters. The van der Waals surface area contributed by atoms with Gasteiger partial charge < -0.3 is 5.32 Å². The summed E-state index contributed by atoms with van der Waals surface area (Å²) in [5, 5.41) is 3.88. The van der Waals surface area contributed by atoms with Crippen molar-refractivity contribution in [3.63, 3.8) is 0 Å². The number of hydrogen-bond acceptors (Lipinski definition) is 3. The third-order valence-corrected chi connectivity index (χ3v) is 3.37. The molecule has 0 amide bonds. The molecule has 6 heteroatoms. The molecule has 0 saturated heterocycles. The smallest absolute Gasteiger partial charge is 0.208 e. The fourth-order valence-corrected chi connectivity index (χ4v) is 1.98. The van der Waals surface area contributed by atoms with Crippen molar-refractivity contribution >= 4 is 21.6 Å². The van der Waals surface area contributed by atoms with E-state index < -0.39 is 10.0 Å². The van der Waals surface area contributed by atoms with Gasteiger partial charge in [-0.3, -0.25) is 0 Å². The molecule has 0 fully saturated rings. The van der Waals surface area contributed by atoms with Gasteiger partial charge in [-0.15, -0.1) is 0 Å². The predicted octanol–water partition coefficient (Wildman–Crippen LogP) is 1.29.